The second-order valence-corrected chi connectivity index (χ2v) is 4.79. The number of benzene rings is 1. The minimum absolute atomic E-state index is 0.0119. The van der Waals surface area contributed by atoms with Gasteiger partial charge in [0.1, 0.15) is 11.6 Å². The molecule has 4 N–H and O–H groups in total. The van der Waals surface area contributed by atoms with Gasteiger partial charge in [-0.3, -0.25) is 0 Å². The molecule has 0 bridgehead atoms. The number of nitrogens with one attached hydrogen (secondary N) is 1. The van der Waals surface area contributed by atoms with Crippen molar-refractivity contribution in [3.8, 4) is 5.75 Å². The maximum absolute atomic E-state index is 12.3. The van der Waals surface area contributed by atoms with E-state index in [-0.39, 0.29) is 17.9 Å². The molecule has 1 aromatic carbocycles. The first-order chi connectivity index (χ1) is 9.97. The van der Waals surface area contributed by atoms with Crippen LogP contribution in [0.15, 0.2) is 29.4 Å². The molecule has 0 heterocycles. The molecule has 7 heteroatoms. The number of oxime groups is 1. The standard InChI is InChI=1S/C14H22N4O3/c1-10(2)18(8-7-13(15)17-20)14(19)16-11-5-4-6-12(9-11)21-3/h4-6,9-10,20H,7-8H2,1-3H3,(H2,15,17)(H,16,19). The predicted octanol–water partition coefficient (Wildman–Crippen LogP) is 2.07. The Morgan fingerprint density at radius 1 is 1.52 bits per heavy atom. The quantitative estimate of drug-likeness (QED) is 0.323. The SMILES string of the molecule is COc1cccc(NC(=O)N(CCC(N)=NO)C(C)C)c1. The van der Waals surface area contributed by atoms with Crippen molar-refractivity contribution in [1.82, 2.24) is 4.90 Å². The van der Waals surface area contributed by atoms with E-state index in [9.17, 15) is 4.79 Å². The number of methoxy groups -OCH3 is 1. The molecular weight excluding hydrogens is 272 g/mol. The molecule has 0 aliphatic heterocycles. The van der Waals surface area contributed by atoms with Gasteiger partial charge in [0.2, 0.25) is 0 Å². The van der Waals surface area contributed by atoms with Crippen molar-refractivity contribution in [1.29, 1.82) is 0 Å². The van der Waals surface area contributed by atoms with E-state index in [1.165, 1.54) is 0 Å². The van der Waals surface area contributed by atoms with E-state index in [4.69, 9.17) is 15.7 Å². The molecule has 0 spiro atoms. The molecule has 116 valence electrons. The maximum atomic E-state index is 12.3. The Morgan fingerprint density at radius 3 is 2.81 bits per heavy atom. The Morgan fingerprint density at radius 2 is 2.24 bits per heavy atom. The summed E-state index contributed by atoms with van der Waals surface area (Å²) in [5.41, 5.74) is 6.08. The van der Waals surface area contributed by atoms with Gasteiger partial charge in [0, 0.05) is 30.8 Å². The van der Waals surface area contributed by atoms with Crippen LogP contribution in [-0.4, -0.2) is 41.7 Å². The average Bonchev–Trinajstić information content (AvgIpc) is 2.46. The van der Waals surface area contributed by atoms with E-state index in [1.54, 1.807) is 36.3 Å². The second kappa shape index (κ2) is 7.98. The molecule has 1 aromatic rings. The van der Waals surface area contributed by atoms with Crippen LogP contribution < -0.4 is 15.8 Å². The molecule has 0 unspecified atom stereocenters. The molecule has 0 fully saturated rings. The number of rotatable bonds is 6. The lowest BCUT2D eigenvalue weighted by molar-refractivity contribution is 0.198. The van der Waals surface area contributed by atoms with E-state index in [0.717, 1.165) is 0 Å². The number of amides is 2. The number of hydrogen-bond donors (Lipinski definition) is 3. The lowest BCUT2D eigenvalue weighted by Crippen LogP contribution is -2.41. The van der Waals surface area contributed by atoms with Crippen LogP contribution in [-0.2, 0) is 0 Å². The van der Waals surface area contributed by atoms with Crippen molar-refractivity contribution >= 4 is 17.6 Å². The minimum Gasteiger partial charge on any atom is -0.497 e. The van der Waals surface area contributed by atoms with Crippen molar-refractivity contribution in [2.75, 3.05) is 19.0 Å². The van der Waals surface area contributed by atoms with Crippen LogP contribution in [0, 0.1) is 0 Å². The van der Waals surface area contributed by atoms with Gasteiger partial charge in [-0.25, -0.2) is 4.79 Å². The van der Waals surface area contributed by atoms with Gasteiger partial charge in [0.15, 0.2) is 0 Å². The van der Waals surface area contributed by atoms with Gasteiger partial charge in [0.05, 0.1) is 7.11 Å². The minimum atomic E-state index is -0.246. The summed E-state index contributed by atoms with van der Waals surface area (Å²) < 4.78 is 5.11. The zero-order chi connectivity index (χ0) is 15.8. The lowest BCUT2D eigenvalue weighted by Gasteiger charge is -2.26. The van der Waals surface area contributed by atoms with Gasteiger partial charge in [-0.05, 0) is 26.0 Å². The number of nitrogens with two attached hydrogens (primary N) is 1. The average molecular weight is 294 g/mol. The molecule has 7 nitrogen and oxygen atoms in total. The van der Waals surface area contributed by atoms with Gasteiger partial charge < -0.3 is 25.9 Å². The molecule has 0 atom stereocenters. The van der Waals surface area contributed by atoms with Gasteiger partial charge in [-0.2, -0.15) is 0 Å². The summed E-state index contributed by atoms with van der Waals surface area (Å²) in [6, 6.07) is 6.85. The molecule has 21 heavy (non-hydrogen) atoms. The highest BCUT2D eigenvalue weighted by molar-refractivity contribution is 5.90. The van der Waals surface area contributed by atoms with Crippen molar-refractivity contribution < 1.29 is 14.7 Å². The fourth-order valence-corrected chi connectivity index (χ4v) is 1.78. The second-order valence-electron chi connectivity index (χ2n) is 4.79. The number of urea groups is 1. The number of ether oxygens (including phenoxy) is 1. The Balaban J connectivity index is 2.72. The molecule has 1 rings (SSSR count). The highest BCUT2D eigenvalue weighted by Gasteiger charge is 2.17. The molecule has 2 amide bonds. The molecule has 0 aliphatic rings. The summed E-state index contributed by atoms with van der Waals surface area (Å²) in [4.78, 5) is 13.9. The van der Waals surface area contributed by atoms with Crippen LogP contribution in [0.2, 0.25) is 0 Å². The number of carbonyl (C=O) groups excluding carboxylic acids is 1. The van der Waals surface area contributed by atoms with Crippen LogP contribution in [0.25, 0.3) is 0 Å². The fraction of sp³-hybridized carbons (Fsp3) is 0.429. The lowest BCUT2D eigenvalue weighted by atomic mass is 10.2. The number of amidine groups is 1. The normalized spacial score (nSPS) is 11.3. The molecule has 0 saturated heterocycles. The first-order valence-electron chi connectivity index (χ1n) is 6.66. The summed E-state index contributed by atoms with van der Waals surface area (Å²) >= 11 is 0. The van der Waals surface area contributed by atoms with Gasteiger partial charge >= 0.3 is 6.03 Å². The highest BCUT2D eigenvalue weighted by atomic mass is 16.5. The smallest absolute Gasteiger partial charge is 0.322 e. The van der Waals surface area contributed by atoms with Crippen molar-refractivity contribution in [3.05, 3.63) is 24.3 Å². The van der Waals surface area contributed by atoms with Crippen LogP contribution >= 0.6 is 0 Å². The summed E-state index contributed by atoms with van der Waals surface area (Å²) in [5, 5.41) is 14.3. The Bertz CT molecular complexity index is 503. The number of nitrogens with zero attached hydrogens (tertiary/aromatic N) is 2. The monoisotopic (exact) mass is 294 g/mol. The fourth-order valence-electron chi connectivity index (χ4n) is 1.78. The molecule has 0 aromatic heterocycles. The Hall–Kier alpha value is -2.44. The summed E-state index contributed by atoms with van der Waals surface area (Å²) in [7, 11) is 1.57. The Kier molecular flexibility index (Phi) is 6.32. The molecule has 0 saturated carbocycles. The summed E-state index contributed by atoms with van der Waals surface area (Å²) in [5.74, 6) is 0.760. The van der Waals surface area contributed by atoms with Gasteiger partial charge in [0.25, 0.3) is 0 Å². The number of hydrogen-bond acceptors (Lipinski definition) is 4. The van der Waals surface area contributed by atoms with Crippen molar-refractivity contribution in [2.24, 2.45) is 10.9 Å². The van der Waals surface area contributed by atoms with E-state index >= 15 is 0 Å². The van der Waals surface area contributed by atoms with E-state index in [0.29, 0.717) is 24.4 Å². The van der Waals surface area contributed by atoms with Gasteiger partial charge in [-0.1, -0.05) is 11.2 Å². The Labute approximate surface area is 124 Å². The topological polar surface area (TPSA) is 100 Å². The zero-order valence-corrected chi connectivity index (χ0v) is 12.5. The largest absolute Gasteiger partial charge is 0.497 e. The van der Waals surface area contributed by atoms with Crippen molar-refractivity contribution in [3.63, 3.8) is 0 Å². The maximum Gasteiger partial charge on any atom is 0.322 e. The third-order valence-electron chi connectivity index (χ3n) is 2.94. The third kappa shape index (κ3) is 5.21. The van der Waals surface area contributed by atoms with Crippen LogP contribution in [0.1, 0.15) is 20.3 Å². The van der Waals surface area contributed by atoms with Crippen molar-refractivity contribution in [2.45, 2.75) is 26.3 Å². The highest BCUT2D eigenvalue weighted by Crippen LogP contribution is 2.17. The number of anilines is 1. The molecule has 0 radical (unpaired) electrons. The molecule has 0 aliphatic carbocycles. The molecular formula is C14H22N4O3. The van der Waals surface area contributed by atoms with E-state index in [1.807, 2.05) is 13.8 Å². The zero-order valence-electron chi connectivity index (χ0n) is 12.5. The van der Waals surface area contributed by atoms with Crippen LogP contribution in [0.5, 0.6) is 5.75 Å². The predicted molar refractivity (Wildman–Crippen MR) is 81.9 cm³/mol. The summed E-state index contributed by atoms with van der Waals surface area (Å²) in [6.45, 7) is 4.16. The van der Waals surface area contributed by atoms with E-state index in [2.05, 4.69) is 10.5 Å². The van der Waals surface area contributed by atoms with E-state index < -0.39 is 0 Å². The van der Waals surface area contributed by atoms with Crippen LogP contribution in [0.3, 0.4) is 0 Å². The van der Waals surface area contributed by atoms with Gasteiger partial charge in [-0.15, -0.1) is 0 Å². The van der Waals surface area contributed by atoms with Crippen LogP contribution in [0.4, 0.5) is 10.5 Å². The number of carbonyl (C=O) groups is 1. The first kappa shape index (κ1) is 16.6. The first-order valence-corrected chi connectivity index (χ1v) is 6.66. The third-order valence-corrected chi connectivity index (χ3v) is 2.94. The summed E-state index contributed by atoms with van der Waals surface area (Å²) in [6.07, 6.45) is 0.306.